The van der Waals surface area contributed by atoms with Crippen LogP contribution in [0.25, 0.3) is 11.3 Å². The predicted molar refractivity (Wildman–Crippen MR) is 78.2 cm³/mol. The van der Waals surface area contributed by atoms with E-state index in [9.17, 15) is 9.90 Å². The maximum absolute atomic E-state index is 11.3. The van der Waals surface area contributed by atoms with Crippen molar-refractivity contribution in [2.24, 2.45) is 0 Å². The Morgan fingerprint density at radius 2 is 2.24 bits per heavy atom. The Kier molecular flexibility index (Phi) is 3.74. The number of hydrogen-bond donors (Lipinski definition) is 1. The molecule has 0 radical (unpaired) electrons. The van der Waals surface area contributed by atoms with Gasteiger partial charge in [-0.3, -0.25) is 4.98 Å². The second-order valence-electron chi connectivity index (χ2n) is 4.39. The van der Waals surface area contributed by atoms with Crippen LogP contribution < -0.4 is 0 Å². The minimum absolute atomic E-state index is 0.0471. The molecule has 0 aliphatic heterocycles. The zero-order valence-corrected chi connectivity index (χ0v) is 11.8. The Labute approximate surface area is 124 Å². The minimum Gasteiger partial charge on any atom is -0.476 e. The number of aryl methyl sites for hydroxylation is 2. The van der Waals surface area contributed by atoms with Gasteiger partial charge in [0.1, 0.15) is 5.69 Å². The summed E-state index contributed by atoms with van der Waals surface area (Å²) < 4.78 is 1.63. The first-order valence-corrected chi connectivity index (χ1v) is 7.23. The Bertz CT molecular complexity index is 738. The van der Waals surface area contributed by atoms with Crippen molar-refractivity contribution in [3.8, 4) is 11.3 Å². The molecule has 3 rings (SSSR count). The molecule has 0 fully saturated rings. The number of carbonyl (C=O) groups is 1. The van der Waals surface area contributed by atoms with Crippen molar-refractivity contribution in [1.82, 2.24) is 20.0 Å². The van der Waals surface area contributed by atoms with Crippen LogP contribution in [0.5, 0.6) is 0 Å². The summed E-state index contributed by atoms with van der Waals surface area (Å²) in [6.45, 7) is 0.574. The van der Waals surface area contributed by atoms with Crippen LogP contribution in [0.15, 0.2) is 42.0 Å². The molecule has 0 spiro atoms. The number of nitrogens with zero attached hydrogens (tertiary/aromatic N) is 4. The average molecular weight is 300 g/mol. The standard InChI is InChI=1S/C14H12N4O2S/c19-14(20)12-13(10-3-1-6-15-9-10)18(17-16-12)7-5-11-4-2-8-21-11/h1-4,6,8-9H,5,7H2,(H,19,20). The largest absolute Gasteiger partial charge is 0.476 e. The van der Waals surface area contributed by atoms with E-state index < -0.39 is 5.97 Å². The summed E-state index contributed by atoms with van der Waals surface area (Å²) in [4.78, 5) is 16.6. The molecule has 0 atom stereocenters. The van der Waals surface area contributed by atoms with Crippen LogP contribution in [-0.4, -0.2) is 31.1 Å². The number of carboxylic acids is 1. The normalized spacial score (nSPS) is 10.7. The molecule has 0 saturated carbocycles. The summed E-state index contributed by atoms with van der Waals surface area (Å²) in [7, 11) is 0. The Morgan fingerprint density at radius 1 is 1.33 bits per heavy atom. The van der Waals surface area contributed by atoms with Crippen LogP contribution in [0.1, 0.15) is 15.4 Å². The van der Waals surface area contributed by atoms with Crippen LogP contribution in [-0.2, 0) is 13.0 Å². The third kappa shape index (κ3) is 2.82. The van der Waals surface area contributed by atoms with Gasteiger partial charge in [-0.25, -0.2) is 9.48 Å². The van der Waals surface area contributed by atoms with Gasteiger partial charge in [0.25, 0.3) is 0 Å². The lowest BCUT2D eigenvalue weighted by molar-refractivity contribution is 0.0691. The van der Waals surface area contributed by atoms with E-state index >= 15 is 0 Å². The molecule has 7 heteroatoms. The van der Waals surface area contributed by atoms with Gasteiger partial charge in [-0.15, -0.1) is 16.4 Å². The van der Waals surface area contributed by atoms with E-state index in [1.165, 1.54) is 4.88 Å². The van der Waals surface area contributed by atoms with Crippen LogP contribution in [0.3, 0.4) is 0 Å². The highest BCUT2D eigenvalue weighted by molar-refractivity contribution is 7.09. The van der Waals surface area contributed by atoms with Gasteiger partial charge in [-0.2, -0.15) is 0 Å². The van der Waals surface area contributed by atoms with E-state index in [1.807, 2.05) is 17.5 Å². The van der Waals surface area contributed by atoms with Crippen molar-refractivity contribution in [2.75, 3.05) is 0 Å². The molecule has 0 amide bonds. The van der Waals surface area contributed by atoms with Crippen LogP contribution in [0.4, 0.5) is 0 Å². The highest BCUT2D eigenvalue weighted by Crippen LogP contribution is 2.22. The predicted octanol–water partition coefficient (Wildman–Crippen LogP) is 2.34. The number of aromatic carboxylic acids is 1. The first-order valence-electron chi connectivity index (χ1n) is 6.35. The van der Waals surface area contributed by atoms with Crippen molar-refractivity contribution in [1.29, 1.82) is 0 Å². The highest BCUT2D eigenvalue weighted by atomic mass is 32.1. The lowest BCUT2D eigenvalue weighted by Gasteiger charge is -2.06. The number of carboxylic acid groups (broad SMARTS) is 1. The van der Waals surface area contributed by atoms with E-state index in [2.05, 4.69) is 15.3 Å². The number of hydrogen-bond acceptors (Lipinski definition) is 5. The lowest BCUT2D eigenvalue weighted by Crippen LogP contribution is -2.06. The SMILES string of the molecule is O=C(O)c1nnn(CCc2cccs2)c1-c1cccnc1. The number of rotatable bonds is 5. The zero-order chi connectivity index (χ0) is 14.7. The molecule has 0 bridgehead atoms. The van der Waals surface area contributed by atoms with Gasteiger partial charge in [0, 0.05) is 35.8 Å². The van der Waals surface area contributed by atoms with Crippen molar-refractivity contribution < 1.29 is 9.90 Å². The Hall–Kier alpha value is -2.54. The first-order chi connectivity index (χ1) is 10.3. The fourth-order valence-corrected chi connectivity index (χ4v) is 2.77. The average Bonchev–Trinajstić information content (AvgIpc) is 3.15. The van der Waals surface area contributed by atoms with Crippen molar-refractivity contribution >= 4 is 17.3 Å². The van der Waals surface area contributed by atoms with E-state index in [1.54, 1.807) is 40.5 Å². The Morgan fingerprint density at radius 3 is 2.90 bits per heavy atom. The second-order valence-corrected chi connectivity index (χ2v) is 5.42. The maximum atomic E-state index is 11.3. The molecule has 0 saturated heterocycles. The third-order valence-corrected chi connectivity index (χ3v) is 3.96. The van der Waals surface area contributed by atoms with Gasteiger partial charge in [-0.05, 0) is 23.6 Å². The minimum atomic E-state index is -1.09. The summed E-state index contributed by atoms with van der Waals surface area (Å²) in [5, 5.41) is 19.0. The summed E-state index contributed by atoms with van der Waals surface area (Å²) in [6, 6.07) is 7.60. The lowest BCUT2D eigenvalue weighted by atomic mass is 10.1. The molecule has 0 unspecified atom stereocenters. The molecule has 3 heterocycles. The van der Waals surface area contributed by atoms with E-state index in [-0.39, 0.29) is 5.69 Å². The molecule has 21 heavy (non-hydrogen) atoms. The smallest absolute Gasteiger partial charge is 0.358 e. The number of aromatic nitrogens is 4. The summed E-state index contributed by atoms with van der Waals surface area (Å²) in [5.41, 5.74) is 1.15. The number of pyridine rings is 1. The maximum Gasteiger partial charge on any atom is 0.358 e. The van der Waals surface area contributed by atoms with Gasteiger partial charge in [-0.1, -0.05) is 11.3 Å². The molecular formula is C14H12N4O2S. The van der Waals surface area contributed by atoms with Gasteiger partial charge >= 0.3 is 5.97 Å². The monoisotopic (exact) mass is 300 g/mol. The molecule has 106 valence electrons. The van der Waals surface area contributed by atoms with E-state index in [0.717, 1.165) is 6.42 Å². The Balaban J connectivity index is 1.95. The van der Waals surface area contributed by atoms with Crippen molar-refractivity contribution in [3.05, 3.63) is 52.6 Å². The quantitative estimate of drug-likeness (QED) is 0.782. The summed E-state index contributed by atoms with van der Waals surface area (Å²) >= 11 is 1.67. The molecule has 0 aliphatic rings. The van der Waals surface area contributed by atoms with Crippen LogP contribution in [0, 0.1) is 0 Å². The van der Waals surface area contributed by atoms with Gasteiger partial charge in [0.15, 0.2) is 5.69 Å². The molecular weight excluding hydrogens is 288 g/mol. The van der Waals surface area contributed by atoms with Crippen LogP contribution >= 0.6 is 11.3 Å². The van der Waals surface area contributed by atoms with Gasteiger partial charge < -0.3 is 5.11 Å². The number of thiophene rings is 1. The molecule has 1 N–H and O–H groups in total. The van der Waals surface area contributed by atoms with Gasteiger partial charge in [0.05, 0.1) is 0 Å². The first kappa shape index (κ1) is 13.4. The molecule has 0 aliphatic carbocycles. The third-order valence-electron chi connectivity index (χ3n) is 3.02. The van der Waals surface area contributed by atoms with Crippen molar-refractivity contribution in [3.63, 3.8) is 0 Å². The van der Waals surface area contributed by atoms with E-state index in [4.69, 9.17) is 0 Å². The summed E-state index contributed by atoms with van der Waals surface area (Å²) in [5.74, 6) is -1.09. The second kappa shape index (κ2) is 5.84. The molecule has 6 nitrogen and oxygen atoms in total. The molecule has 3 aromatic heterocycles. The molecule has 3 aromatic rings. The van der Waals surface area contributed by atoms with Gasteiger partial charge in [0.2, 0.25) is 0 Å². The fraction of sp³-hybridized carbons (Fsp3) is 0.143. The topological polar surface area (TPSA) is 80.9 Å². The molecule has 0 aromatic carbocycles. The van der Waals surface area contributed by atoms with E-state index in [0.29, 0.717) is 17.8 Å². The van der Waals surface area contributed by atoms with Crippen LogP contribution in [0.2, 0.25) is 0 Å². The fourth-order valence-electron chi connectivity index (χ4n) is 2.07. The van der Waals surface area contributed by atoms with Crippen molar-refractivity contribution in [2.45, 2.75) is 13.0 Å². The summed E-state index contributed by atoms with van der Waals surface area (Å²) in [6.07, 6.45) is 4.05. The zero-order valence-electron chi connectivity index (χ0n) is 11.0. The highest BCUT2D eigenvalue weighted by Gasteiger charge is 2.20.